The van der Waals surface area contributed by atoms with Gasteiger partial charge in [0.05, 0.1) is 0 Å². The van der Waals surface area contributed by atoms with Crippen LogP contribution in [0.5, 0.6) is 5.75 Å². The van der Waals surface area contributed by atoms with Crippen molar-refractivity contribution in [3.63, 3.8) is 0 Å². The van der Waals surface area contributed by atoms with Crippen LogP contribution in [0.4, 0.5) is 0 Å². The van der Waals surface area contributed by atoms with E-state index in [1.165, 1.54) is 4.90 Å². The van der Waals surface area contributed by atoms with Crippen molar-refractivity contribution in [1.82, 2.24) is 4.90 Å². The summed E-state index contributed by atoms with van der Waals surface area (Å²) in [5.74, 6) is -0.549. The van der Waals surface area contributed by atoms with Gasteiger partial charge in [0.25, 0.3) is 5.91 Å². The summed E-state index contributed by atoms with van der Waals surface area (Å²) in [4.78, 5) is 24.5. The molecule has 1 atom stereocenters. The summed E-state index contributed by atoms with van der Waals surface area (Å²) >= 11 is 0. The summed E-state index contributed by atoms with van der Waals surface area (Å²) < 4.78 is 5.51. The van der Waals surface area contributed by atoms with Crippen LogP contribution in [-0.4, -0.2) is 41.1 Å². The van der Waals surface area contributed by atoms with Gasteiger partial charge in [0.15, 0.2) is 6.61 Å². The molecule has 1 aromatic carbocycles. The number of aryl methyl sites for hydroxylation is 2. The Morgan fingerprint density at radius 3 is 2.80 bits per heavy atom. The van der Waals surface area contributed by atoms with Gasteiger partial charge in [-0.15, -0.1) is 0 Å². The molecule has 0 bridgehead atoms. The van der Waals surface area contributed by atoms with Crippen LogP contribution in [0, 0.1) is 13.8 Å². The number of amides is 1. The number of ether oxygens (including phenoxy) is 1. The molecule has 2 rings (SSSR count). The van der Waals surface area contributed by atoms with Gasteiger partial charge in [0.2, 0.25) is 0 Å². The third-order valence-corrected chi connectivity index (χ3v) is 3.54. The molecule has 1 saturated heterocycles. The summed E-state index contributed by atoms with van der Waals surface area (Å²) in [5, 5.41) is 9.06. The van der Waals surface area contributed by atoms with E-state index in [0.717, 1.165) is 17.5 Å². The van der Waals surface area contributed by atoms with Crippen LogP contribution < -0.4 is 4.74 Å². The van der Waals surface area contributed by atoms with Gasteiger partial charge in [-0.1, -0.05) is 17.7 Å². The number of benzene rings is 1. The van der Waals surface area contributed by atoms with E-state index in [-0.39, 0.29) is 12.5 Å². The molecule has 0 spiro atoms. The molecule has 108 valence electrons. The van der Waals surface area contributed by atoms with Gasteiger partial charge >= 0.3 is 5.97 Å². The Kier molecular flexibility index (Phi) is 4.27. The van der Waals surface area contributed by atoms with Crippen LogP contribution in [0.2, 0.25) is 0 Å². The lowest BCUT2D eigenvalue weighted by molar-refractivity contribution is -0.148. The third-order valence-electron chi connectivity index (χ3n) is 3.54. The lowest BCUT2D eigenvalue weighted by atomic mass is 10.1. The van der Waals surface area contributed by atoms with Crippen molar-refractivity contribution in [3.8, 4) is 5.75 Å². The minimum Gasteiger partial charge on any atom is -0.483 e. The zero-order chi connectivity index (χ0) is 14.7. The number of nitrogens with zero attached hydrogens (tertiary/aromatic N) is 1. The van der Waals surface area contributed by atoms with E-state index in [2.05, 4.69) is 0 Å². The number of rotatable bonds is 4. The van der Waals surface area contributed by atoms with E-state index in [1.807, 2.05) is 32.0 Å². The first-order valence-corrected chi connectivity index (χ1v) is 6.71. The molecule has 5 heteroatoms. The number of carbonyl (C=O) groups is 2. The van der Waals surface area contributed by atoms with E-state index in [4.69, 9.17) is 9.84 Å². The lowest BCUT2D eigenvalue weighted by Crippen LogP contribution is -2.42. The number of carbonyl (C=O) groups excluding carboxylic acids is 1. The Bertz CT molecular complexity index is 527. The SMILES string of the molecule is Cc1ccc(OCC(=O)N2CCCC2C(=O)O)c(C)c1. The number of carboxylic acid groups (broad SMARTS) is 1. The van der Waals surface area contributed by atoms with Crippen molar-refractivity contribution in [2.45, 2.75) is 32.7 Å². The van der Waals surface area contributed by atoms with E-state index in [0.29, 0.717) is 18.7 Å². The van der Waals surface area contributed by atoms with Crippen molar-refractivity contribution in [3.05, 3.63) is 29.3 Å². The van der Waals surface area contributed by atoms with Crippen molar-refractivity contribution in [1.29, 1.82) is 0 Å². The monoisotopic (exact) mass is 277 g/mol. The van der Waals surface area contributed by atoms with Crippen LogP contribution in [0.3, 0.4) is 0 Å². The van der Waals surface area contributed by atoms with E-state index >= 15 is 0 Å². The predicted octanol–water partition coefficient (Wildman–Crippen LogP) is 1.76. The normalized spacial score (nSPS) is 18.1. The van der Waals surface area contributed by atoms with Gasteiger partial charge in [0.1, 0.15) is 11.8 Å². The number of aliphatic carboxylic acids is 1. The van der Waals surface area contributed by atoms with Crippen LogP contribution in [0.15, 0.2) is 18.2 Å². The first kappa shape index (κ1) is 14.4. The summed E-state index contributed by atoms with van der Waals surface area (Å²) in [7, 11) is 0. The second-order valence-electron chi connectivity index (χ2n) is 5.14. The van der Waals surface area contributed by atoms with Gasteiger partial charge in [-0.3, -0.25) is 4.79 Å². The first-order chi connectivity index (χ1) is 9.49. The molecule has 0 aromatic heterocycles. The van der Waals surface area contributed by atoms with Crippen molar-refractivity contribution in [2.24, 2.45) is 0 Å². The van der Waals surface area contributed by atoms with Crippen LogP contribution in [-0.2, 0) is 9.59 Å². The fourth-order valence-electron chi connectivity index (χ4n) is 2.51. The highest BCUT2D eigenvalue weighted by Crippen LogP contribution is 2.20. The molecule has 1 aromatic rings. The summed E-state index contributed by atoms with van der Waals surface area (Å²) in [6.45, 7) is 4.28. The van der Waals surface area contributed by atoms with Gasteiger partial charge in [-0.2, -0.15) is 0 Å². The molecule has 1 N–H and O–H groups in total. The van der Waals surface area contributed by atoms with Crippen LogP contribution in [0.25, 0.3) is 0 Å². The molecule has 0 aliphatic carbocycles. The molecule has 1 heterocycles. The highest BCUT2D eigenvalue weighted by atomic mass is 16.5. The third kappa shape index (κ3) is 3.10. The minimum atomic E-state index is -0.942. The summed E-state index contributed by atoms with van der Waals surface area (Å²) in [6, 6.07) is 5.03. The number of likely N-dealkylation sites (tertiary alicyclic amines) is 1. The molecular formula is C15H19NO4. The Labute approximate surface area is 118 Å². The summed E-state index contributed by atoms with van der Waals surface area (Å²) in [6.07, 6.45) is 1.25. The molecule has 1 aliphatic heterocycles. The zero-order valence-electron chi connectivity index (χ0n) is 11.8. The first-order valence-electron chi connectivity index (χ1n) is 6.71. The topological polar surface area (TPSA) is 66.8 Å². The van der Waals surface area contributed by atoms with Crippen LogP contribution >= 0.6 is 0 Å². The van der Waals surface area contributed by atoms with Crippen LogP contribution in [0.1, 0.15) is 24.0 Å². The standard InChI is InChI=1S/C15H19NO4/c1-10-5-6-13(11(2)8-10)20-9-14(17)16-7-3-4-12(16)15(18)19/h5-6,8,12H,3-4,7,9H2,1-2H3,(H,18,19). The Morgan fingerprint density at radius 2 is 2.15 bits per heavy atom. The maximum Gasteiger partial charge on any atom is 0.326 e. The fraction of sp³-hybridized carbons (Fsp3) is 0.467. The Hall–Kier alpha value is -2.04. The predicted molar refractivity (Wildman–Crippen MR) is 73.8 cm³/mol. The maximum absolute atomic E-state index is 12.0. The van der Waals surface area contributed by atoms with E-state index < -0.39 is 12.0 Å². The molecule has 0 saturated carbocycles. The zero-order valence-corrected chi connectivity index (χ0v) is 11.8. The lowest BCUT2D eigenvalue weighted by Gasteiger charge is -2.21. The molecular weight excluding hydrogens is 258 g/mol. The van der Waals surface area contributed by atoms with Gasteiger partial charge < -0.3 is 14.7 Å². The number of hydrogen-bond acceptors (Lipinski definition) is 3. The number of hydrogen-bond donors (Lipinski definition) is 1. The molecule has 1 amide bonds. The van der Waals surface area contributed by atoms with Crippen molar-refractivity contribution in [2.75, 3.05) is 13.2 Å². The van der Waals surface area contributed by atoms with Gasteiger partial charge in [0, 0.05) is 6.54 Å². The van der Waals surface area contributed by atoms with E-state index in [9.17, 15) is 9.59 Å². The molecule has 20 heavy (non-hydrogen) atoms. The molecule has 5 nitrogen and oxygen atoms in total. The van der Waals surface area contributed by atoms with Crippen molar-refractivity contribution < 1.29 is 19.4 Å². The highest BCUT2D eigenvalue weighted by Gasteiger charge is 2.33. The molecule has 1 fully saturated rings. The summed E-state index contributed by atoms with van der Waals surface area (Å²) in [5.41, 5.74) is 2.10. The quantitative estimate of drug-likeness (QED) is 0.910. The molecule has 0 radical (unpaired) electrons. The largest absolute Gasteiger partial charge is 0.483 e. The second-order valence-corrected chi connectivity index (χ2v) is 5.14. The van der Waals surface area contributed by atoms with Gasteiger partial charge in [-0.05, 0) is 38.3 Å². The molecule has 1 unspecified atom stereocenters. The molecule has 1 aliphatic rings. The minimum absolute atomic E-state index is 0.117. The van der Waals surface area contributed by atoms with E-state index in [1.54, 1.807) is 0 Å². The number of carboxylic acids is 1. The fourth-order valence-corrected chi connectivity index (χ4v) is 2.51. The van der Waals surface area contributed by atoms with Gasteiger partial charge in [-0.25, -0.2) is 4.79 Å². The Balaban J connectivity index is 1.96. The average Bonchev–Trinajstić information content (AvgIpc) is 2.86. The average molecular weight is 277 g/mol. The Morgan fingerprint density at radius 1 is 1.40 bits per heavy atom. The maximum atomic E-state index is 12.0. The smallest absolute Gasteiger partial charge is 0.326 e. The van der Waals surface area contributed by atoms with Crippen molar-refractivity contribution >= 4 is 11.9 Å². The second kappa shape index (κ2) is 5.94. The highest BCUT2D eigenvalue weighted by molar-refractivity contribution is 5.85.